The van der Waals surface area contributed by atoms with Gasteiger partial charge in [-0.15, -0.1) is 18.3 Å². The average molecular weight is 297 g/mol. The summed E-state index contributed by atoms with van der Waals surface area (Å²) in [6.07, 6.45) is 1.86. The lowest BCUT2D eigenvalue weighted by atomic mass is 10.1. The first-order chi connectivity index (χ1) is 10.1. The molecular formula is C18H19NOS. The molecular weight excluding hydrogens is 278 g/mol. The van der Waals surface area contributed by atoms with E-state index in [-0.39, 0.29) is 5.91 Å². The first-order valence-corrected chi connectivity index (χ1v) is 7.81. The number of rotatable bonds is 5. The maximum atomic E-state index is 12.5. The summed E-state index contributed by atoms with van der Waals surface area (Å²) in [5, 5.41) is 3.01. The Morgan fingerprint density at radius 1 is 1.24 bits per heavy atom. The van der Waals surface area contributed by atoms with Gasteiger partial charge in [0.05, 0.1) is 5.69 Å². The highest BCUT2D eigenvalue weighted by molar-refractivity contribution is 7.99. The molecule has 0 unspecified atom stereocenters. The summed E-state index contributed by atoms with van der Waals surface area (Å²) in [6.45, 7) is 7.67. The van der Waals surface area contributed by atoms with Crippen LogP contribution in [-0.2, 0) is 0 Å². The Labute approximate surface area is 130 Å². The number of aryl methyl sites for hydroxylation is 2. The zero-order chi connectivity index (χ0) is 15.2. The number of carbonyl (C=O) groups is 1. The Hall–Kier alpha value is -2.00. The average Bonchev–Trinajstić information content (AvgIpc) is 2.48. The lowest BCUT2D eigenvalue weighted by Gasteiger charge is -2.12. The molecule has 0 aliphatic carbocycles. The minimum Gasteiger partial charge on any atom is -0.321 e. The van der Waals surface area contributed by atoms with E-state index >= 15 is 0 Å². The highest BCUT2D eigenvalue weighted by Gasteiger charge is 2.11. The van der Waals surface area contributed by atoms with Crippen LogP contribution in [0.25, 0.3) is 0 Å². The molecule has 2 rings (SSSR count). The third-order valence-electron chi connectivity index (χ3n) is 3.13. The van der Waals surface area contributed by atoms with Crippen LogP contribution in [-0.4, -0.2) is 11.7 Å². The second-order valence-corrected chi connectivity index (χ2v) is 5.93. The fourth-order valence-electron chi connectivity index (χ4n) is 2.01. The summed E-state index contributed by atoms with van der Waals surface area (Å²) < 4.78 is 0. The van der Waals surface area contributed by atoms with Crippen molar-refractivity contribution < 1.29 is 4.79 Å². The number of para-hydroxylation sites is 1. The smallest absolute Gasteiger partial charge is 0.255 e. The van der Waals surface area contributed by atoms with Crippen molar-refractivity contribution in [2.45, 2.75) is 18.7 Å². The van der Waals surface area contributed by atoms with Gasteiger partial charge in [-0.2, -0.15) is 0 Å². The Balaban J connectivity index is 2.23. The fraction of sp³-hybridized carbons (Fsp3) is 0.167. The molecule has 0 aromatic heterocycles. The Kier molecular flexibility index (Phi) is 5.23. The summed E-state index contributed by atoms with van der Waals surface area (Å²) in [4.78, 5) is 13.5. The zero-order valence-corrected chi connectivity index (χ0v) is 13.2. The van der Waals surface area contributed by atoms with Crippen molar-refractivity contribution in [3.05, 3.63) is 71.8 Å². The van der Waals surface area contributed by atoms with Gasteiger partial charge in [-0.25, -0.2) is 0 Å². The van der Waals surface area contributed by atoms with Crippen molar-refractivity contribution in [1.29, 1.82) is 0 Å². The number of amides is 1. The molecule has 2 aromatic rings. The number of hydrogen-bond donors (Lipinski definition) is 1. The summed E-state index contributed by atoms with van der Waals surface area (Å²) in [5.74, 6) is 0.749. The number of anilines is 1. The van der Waals surface area contributed by atoms with Crippen molar-refractivity contribution in [3.63, 3.8) is 0 Å². The topological polar surface area (TPSA) is 29.1 Å². The van der Waals surface area contributed by atoms with E-state index in [2.05, 4.69) is 11.9 Å². The van der Waals surface area contributed by atoms with Crippen LogP contribution in [0.3, 0.4) is 0 Å². The van der Waals surface area contributed by atoms with E-state index in [0.29, 0.717) is 0 Å². The number of benzene rings is 2. The number of carbonyl (C=O) groups excluding carboxylic acids is 1. The predicted molar refractivity (Wildman–Crippen MR) is 91.2 cm³/mol. The molecule has 0 heterocycles. The van der Waals surface area contributed by atoms with E-state index in [1.807, 2.05) is 62.4 Å². The normalized spacial score (nSPS) is 10.2. The van der Waals surface area contributed by atoms with Crippen LogP contribution < -0.4 is 5.32 Å². The molecule has 0 aliphatic heterocycles. The largest absolute Gasteiger partial charge is 0.321 e. The first kappa shape index (κ1) is 15.4. The van der Waals surface area contributed by atoms with Gasteiger partial charge < -0.3 is 5.32 Å². The summed E-state index contributed by atoms with van der Waals surface area (Å²) in [7, 11) is 0. The number of nitrogens with one attached hydrogen (secondary N) is 1. The lowest BCUT2D eigenvalue weighted by Crippen LogP contribution is -2.14. The maximum absolute atomic E-state index is 12.5. The van der Waals surface area contributed by atoms with Crippen molar-refractivity contribution >= 4 is 23.4 Å². The molecule has 0 bridgehead atoms. The second kappa shape index (κ2) is 7.14. The van der Waals surface area contributed by atoms with Crippen LogP contribution in [0.5, 0.6) is 0 Å². The summed E-state index contributed by atoms with van der Waals surface area (Å²) >= 11 is 1.66. The highest BCUT2D eigenvalue weighted by Crippen LogP contribution is 2.27. The van der Waals surface area contributed by atoms with E-state index in [4.69, 9.17) is 0 Å². The SMILES string of the molecule is C=CCSc1ccccc1NC(=O)c1cc(C)ccc1C. The van der Waals surface area contributed by atoms with E-state index in [9.17, 15) is 4.79 Å². The van der Waals surface area contributed by atoms with Crippen molar-refractivity contribution in [2.75, 3.05) is 11.1 Å². The lowest BCUT2D eigenvalue weighted by molar-refractivity contribution is 0.102. The molecule has 0 atom stereocenters. The molecule has 0 spiro atoms. The monoisotopic (exact) mass is 297 g/mol. The summed E-state index contributed by atoms with van der Waals surface area (Å²) in [5.41, 5.74) is 3.63. The van der Waals surface area contributed by atoms with Crippen LogP contribution in [0.2, 0.25) is 0 Å². The third kappa shape index (κ3) is 3.99. The second-order valence-electron chi connectivity index (χ2n) is 4.87. The van der Waals surface area contributed by atoms with Crippen LogP contribution in [0.4, 0.5) is 5.69 Å². The standard InChI is InChI=1S/C18H19NOS/c1-4-11-21-17-8-6-5-7-16(17)19-18(20)15-12-13(2)9-10-14(15)3/h4-10,12H,1,11H2,2-3H3,(H,19,20). The first-order valence-electron chi connectivity index (χ1n) is 6.83. The highest BCUT2D eigenvalue weighted by atomic mass is 32.2. The van der Waals surface area contributed by atoms with Crippen molar-refractivity contribution in [1.82, 2.24) is 0 Å². The van der Waals surface area contributed by atoms with E-state index in [0.717, 1.165) is 33.0 Å². The minimum atomic E-state index is -0.0668. The Morgan fingerprint density at radius 2 is 2.00 bits per heavy atom. The van der Waals surface area contributed by atoms with Crippen LogP contribution >= 0.6 is 11.8 Å². The molecule has 0 radical (unpaired) electrons. The fourth-order valence-corrected chi connectivity index (χ4v) is 2.76. The van der Waals surface area contributed by atoms with E-state index in [1.165, 1.54) is 0 Å². The van der Waals surface area contributed by atoms with Gasteiger partial charge in [0.15, 0.2) is 0 Å². The van der Waals surface area contributed by atoms with Gasteiger partial charge in [-0.1, -0.05) is 35.9 Å². The molecule has 0 fully saturated rings. The molecule has 0 saturated heterocycles. The molecule has 0 saturated carbocycles. The summed E-state index contributed by atoms with van der Waals surface area (Å²) in [6, 6.07) is 13.7. The Morgan fingerprint density at radius 3 is 2.76 bits per heavy atom. The molecule has 3 heteroatoms. The quantitative estimate of drug-likeness (QED) is 0.632. The van der Waals surface area contributed by atoms with E-state index < -0.39 is 0 Å². The van der Waals surface area contributed by atoms with Gasteiger partial charge in [-0.3, -0.25) is 4.79 Å². The maximum Gasteiger partial charge on any atom is 0.255 e. The van der Waals surface area contributed by atoms with Crippen LogP contribution in [0, 0.1) is 13.8 Å². The van der Waals surface area contributed by atoms with Crippen molar-refractivity contribution in [3.8, 4) is 0 Å². The molecule has 2 nitrogen and oxygen atoms in total. The third-order valence-corrected chi connectivity index (χ3v) is 4.20. The molecule has 1 N–H and O–H groups in total. The predicted octanol–water partition coefficient (Wildman–Crippen LogP) is 4.83. The molecule has 21 heavy (non-hydrogen) atoms. The number of hydrogen-bond acceptors (Lipinski definition) is 2. The number of thioether (sulfide) groups is 1. The molecule has 108 valence electrons. The van der Waals surface area contributed by atoms with Gasteiger partial charge in [-0.05, 0) is 37.6 Å². The van der Waals surface area contributed by atoms with Gasteiger partial charge in [0.2, 0.25) is 0 Å². The van der Waals surface area contributed by atoms with Crippen molar-refractivity contribution in [2.24, 2.45) is 0 Å². The molecule has 0 aliphatic rings. The Bertz CT molecular complexity index is 664. The van der Waals surface area contributed by atoms with Crippen LogP contribution in [0.1, 0.15) is 21.5 Å². The van der Waals surface area contributed by atoms with Gasteiger partial charge in [0.25, 0.3) is 5.91 Å². The van der Waals surface area contributed by atoms with Gasteiger partial charge >= 0.3 is 0 Å². The van der Waals surface area contributed by atoms with Crippen LogP contribution in [0.15, 0.2) is 60.0 Å². The van der Waals surface area contributed by atoms with Gasteiger partial charge in [0, 0.05) is 16.2 Å². The molecule has 1 amide bonds. The van der Waals surface area contributed by atoms with Gasteiger partial charge in [0.1, 0.15) is 0 Å². The molecule has 2 aromatic carbocycles. The van der Waals surface area contributed by atoms with E-state index in [1.54, 1.807) is 11.8 Å². The zero-order valence-electron chi connectivity index (χ0n) is 12.3. The minimum absolute atomic E-state index is 0.0668.